The molecular formula is C11H21N3O4. The Morgan fingerprint density at radius 2 is 2.11 bits per heavy atom. The number of carbonyl (C=O) groups excluding carboxylic acids is 1. The number of rotatable bonds is 5. The first-order chi connectivity index (χ1) is 8.41. The molecule has 2 atom stereocenters. The number of urea groups is 1. The first kappa shape index (κ1) is 14.7. The molecule has 3 N–H and O–H groups in total. The van der Waals surface area contributed by atoms with E-state index >= 15 is 0 Å². The third-order valence-corrected chi connectivity index (χ3v) is 2.88. The summed E-state index contributed by atoms with van der Waals surface area (Å²) in [4.78, 5) is 25.9. The van der Waals surface area contributed by atoms with Crippen LogP contribution in [0.5, 0.6) is 0 Å². The normalized spacial score (nSPS) is 23.4. The van der Waals surface area contributed by atoms with Crippen LogP contribution >= 0.6 is 0 Å². The zero-order valence-electron chi connectivity index (χ0n) is 10.8. The molecule has 0 unspecified atom stereocenters. The van der Waals surface area contributed by atoms with E-state index in [0.29, 0.717) is 6.54 Å². The average molecular weight is 259 g/mol. The van der Waals surface area contributed by atoms with Crippen molar-refractivity contribution in [3.8, 4) is 0 Å². The van der Waals surface area contributed by atoms with Gasteiger partial charge in [-0.2, -0.15) is 0 Å². The van der Waals surface area contributed by atoms with Crippen LogP contribution in [0.4, 0.5) is 4.79 Å². The highest BCUT2D eigenvalue weighted by atomic mass is 16.4. The number of aliphatic hydroxyl groups is 1. The fraction of sp³-hybridized carbons (Fsp3) is 0.818. The van der Waals surface area contributed by atoms with Gasteiger partial charge in [-0.3, -0.25) is 0 Å². The Kier molecular flexibility index (Phi) is 5.36. The molecule has 7 nitrogen and oxygen atoms in total. The van der Waals surface area contributed by atoms with Gasteiger partial charge in [-0.25, -0.2) is 9.59 Å². The summed E-state index contributed by atoms with van der Waals surface area (Å²) in [5.74, 6) is -1.07. The number of likely N-dealkylation sites (tertiary alicyclic amines) is 1. The van der Waals surface area contributed by atoms with Crippen molar-refractivity contribution in [3.05, 3.63) is 0 Å². The predicted octanol–water partition coefficient (Wildman–Crippen LogP) is -0.832. The van der Waals surface area contributed by atoms with Crippen LogP contribution in [0, 0.1) is 0 Å². The summed E-state index contributed by atoms with van der Waals surface area (Å²) in [6.07, 6.45) is 0.145. The number of carboxylic acid groups (broad SMARTS) is 1. The number of β-amino-alcohol motifs (C(OH)–C–C–N with tert-alkyl or cyclic N) is 1. The van der Waals surface area contributed by atoms with Crippen molar-refractivity contribution in [1.82, 2.24) is 15.1 Å². The maximum absolute atomic E-state index is 11.8. The molecule has 0 aromatic rings. The molecule has 7 heteroatoms. The van der Waals surface area contributed by atoms with Crippen LogP contribution in [-0.2, 0) is 4.79 Å². The second-order valence-corrected chi connectivity index (χ2v) is 4.78. The molecule has 0 aromatic heterocycles. The number of hydrogen-bond donors (Lipinski definition) is 3. The van der Waals surface area contributed by atoms with Gasteiger partial charge < -0.3 is 25.3 Å². The molecule has 1 rings (SSSR count). The Balaban J connectivity index is 2.38. The highest BCUT2D eigenvalue weighted by Crippen LogP contribution is 2.17. The van der Waals surface area contributed by atoms with Gasteiger partial charge in [-0.05, 0) is 27.1 Å². The summed E-state index contributed by atoms with van der Waals surface area (Å²) >= 11 is 0. The number of hydrogen-bond acceptors (Lipinski definition) is 4. The number of carboxylic acids is 1. The first-order valence-corrected chi connectivity index (χ1v) is 6.02. The molecule has 0 bridgehead atoms. The zero-order chi connectivity index (χ0) is 13.7. The summed E-state index contributed by atoms with van der Waals surface area (Å²) in [6.45, 7) is 1.43. The maximum Gasteiger partial charge on any atom is 0.326 e. The van der Waals surface area contributed by atoms with E-state index in [0.717, 1.165) is 13.0 Å². The van der Waals surface area contributed by atoms with E-state index in [9.17, 15) is 14.7 Å². The largest absolute Gasteiger partial charge is 0.480 e. The Labute approximate surface area is 106 Å². The number of nitrogens with one attached hydrogen (secondary N) is 1. The number of carbonyl (C=O) groups is 2. The Bertz CT molecular complexity index is 309. The summed E-state index contributed by atoms with van der Waals surface area (Å²) in [5, 5.41) is 21.0. The average Bonchev–Trinajstić information content (AvgIpc) is 2.66. The fourth-order valence-electron chi connectivity index (χ4n) is 1.96. The van der Waals surface area contributed by atoms with E-state index < -0.39 is 24.1 Å². The minimum absolute atomic E-state index is 0.0798. The standard InChI is InChI=1S/C11H21N3O4/c1-13(2)5-3-4-12-11(18)14-7-8(15)6-9(14)10(16)17/h8-9,15H,3-7H2,1-2H3,(H,12,18)(H,16,17)/t8-,9-/m1/s1. The molecule has 0 aliphatic carbocycles. The van der Waals surface area contributed by atoms with Gasteiger partial charge in [-0.15, -0.1) is 0 Å². The topological polar surface area (TPSA) is 93.1 Å². The fourth-order valence-corrected chi connectivity index (χ4v) is 1.96. The molecular weight excluding hydrogens is 238 g/mol. The lowest BCUT2D eigenvalue weighted by atomic mass is 10.2. The third-order valence-electron chi connectivity index (χ3n) is 2.88. The van der Waals surface area contributed by atoms with Gasteiger partial charge >= 0.3 is 12.0 Å². The lowest BCUT2D eigenvalue weighted by Crippen LogP contribution is -2.46. The molecule has 104 valence electrons. The molecule has 0 aromatic carbocycles. The second-order valence-electron chi connectivity index (χ2n) is 4.78. The van der Waals surface area contributed by atoms with Gasteiger partial charge in [0.05, 0.1) is 6.10 Å². The zero-order valence-corrected chi connectivity index (χ0v) is 10.8. The van der Waals surface area contributed by atoms with Crippen molar-refractivity contribution in [2.75, 3.05) is 33.7 Å². The van der Waals surface area contributed by atoms with E-state index in [-0.39, 0.29) is 13.0 Å². The molecule has 0 spiro atoms. The van der Waals surface area contributed by atoms with Crippen LogP contribution in [0.1, 0.15) is 12.8 Å². The smallest absolute Gasteiger partial charge is 0.326 e. The van der Waals surface area contributed by atoms with E-state index in [1.165, 1.54) is 4.90 Å². The van der Waals surface area contributed by atoms with Crippen LogP contribution in [0.3, 0.4) is 0 Å². The summed E-state index contributed by atoms with van der Waals surface area (Å²) in [7, 11) is 3.89. The van der Waals surface area contributed by atoms with E-state index in [4.69, 9.17) is 5.11 Å². The quantitative estimate of drug-likeness (QED) is 0.560. The highest BCUT2D eigenvalue weighted by Gasteiger charge is 2.38. The van der Waals surface area contributed by atoms with E-state index in [1.807, 2.05) is 19.0 Å². The third kappa shape index (κ3) is 4.15. The molecule has 1 aliphatic rings. The van der Waals surface area contributed by atoms with Gasteiger partial charge in [0.15, 0.2) is 0 Å². The van der Waals surface area contributed by atoms with Crippen LogP contribution in [-0.4, -0.2) is 77.9 Å². The van der Waals surface area contributed by atoms with E-state index in [2.05, 4.69) is 5.32 Å². The predicted molar refractivity (Wildman–Crippen MR) is 65.3 cm³/mol. The number of aliphatic hydroxyl groups excluding tert-OH is 1. The van der Waals surface area contributed by atoms with Crippen molar-refractivity contribution >= 4 is 12.0 Å². The molecule has 1 saturated heterocycles. The number of nitrogens with zero attached hydrogens (tertiary/aromatic N) is 2. The minimum Gasteiger partial charge on any atom is -0.480 e. The molecule has 2 amide bonds. The van der Waals surface area contributed by atoms with Crippen LogP contribution < -0.4 is 5.32 Å². The van der Waals surface area contributed by atoms with E-state index in [1.54, 1.807) is 0 Å². The van der Waals surface area contributed by atoms with Crippen LogP contribution in [0.15, 0.2) is 0 Å². The summed E-state index contributed by atoms with van der Waals surface area (Å²) in [6, 6.07) is -1.34. The SMILES string of the molecule is CN(C)CCCNC(=O)N1C[C@H](O)C[C@@H]1C(=O)O. The van der Waals surface area contributed by atoms with Gasteiger partial charge in [0, 0.05) is 19.5 Å². The summed E-state index contributed by atoms with van der Waals surface area (Å²) in [5.41, 5.74) is 0. The second kappa shape index (κ2) is 6.55. The van der Waals surface area contributed by atoms with Crippen molar-refractivity contribution < 1.29 is 19.8 Å². The number of amides is 2. The van der Waals surface area contributed by atoms with Crippen LogP contribution in [0.25, 0.3) is 0 Å². The van der Waals surface area contributed by atoms with Crippen molar-refractivity contribution in [2.45, 2.75) is 25.0 Å². The van der Waals surface area contributed by atoms with Crippen molar-refractivity contribution in [3.63, 3.8) is 0 Å². The number of aliphatic carboxylic acids is 1. The molecule has 1 fully saturated rings. The molecule has 18 heavy (non-hydrogen) atoms. The Morgan fingerprint density at radius 1 is 1.44 bits per heavy atom. The molecule has 0 saturated carbocycles. The lowest BCUT2D eigenvalue weighted by molar-refractivity contribution is -0.141. The minimum atomic E-state index is -1.07. The molecule has 1 aliphatic heterocycles. The van der Waals surface area contributed by atoms with Gasteiger partial charge in [0.25, 0.3) is 0 Å². The van der Waals surface area contributed by atoms with Gasteiger partial charge in [0.1, 0.15) is 6.04 Å². The summed E-state index contributed by atoms with van der Waals surface area (Å²) < 4.78 is 0. The van der Waals surface area contributed by atoms with Crippen molar-refractivity contribution in [1.29, 1.82) is 0 Å². The van der Waals surface area contributed by atoms with Gasteiger partial charge in [-0.1, -0.05) is 0 Å². The highest BCUT2D eigenvalue weighted by molar-refractivity contribution is 5.83. The molecule has 1 heterocycles. The van der Waals surface area contributed by atoms with Gasteiger partial charge in [0.2, 0.25) is 0 Å². The van der Waals surface area contributed by atoms with Crippen molar-refractivity contribution in [2.24, 2.45) is 0 Å². The Morgan fingerprint density at radius 3 is 2.67 bits per heavy atom. The maximum atomic E-state index is 11.8. The van der Waals surface area contributed by atoms with Crippen LogP contribution in [0.2, 0.25) is 0 Å². The lowest BCUT2D eigenvalue weighted by Gasteiger charge is -2.21. The Hall–Kier alpha value is -1.34. The monoisotopic (exact) mass is 259 g/mol. The molecule has 0 radical (unpaired) electrons. The first-order valence-electron chi connectivity index (χ1n) is 6.02.